The smallest absolute Gasteiger partial charge is 0.224 e. The number of methoxy groups -OCH3 is 2. The minimum Gasteiger partial charge on any atom is -0.493 e. The van der Waals surface area contributed by atoms with Crippen molar-refractivity contribution >= 4 is 29.1 Å². The average molecular weight is 368 g/mol. The van der Waals surface area contributed by atoms with Crippen LogP contribution in [0.25, 0.3) is 0 Å². The maximum absolute atomic E-state index is 12.1. The van der Waals surface area contributed by atoms with Gasteiger partial charge in [-0.05, 0) is 41.8 Å². The first kappa shape index (κ1) is 18.4. The first-order valence-corrected chi connectivity index (χ1v) is 8.21. The predicted octanol–water partition coefficient (Wildman–Crippen LogP) is 3.91. The number of ether oxygens (including phenoxy) is 2. The number of carbonyl (C=O) groups is 1. The van der Waals surface area contributed by atoms with Gasteiger partial charge in [0.2, 0.25) is 5.91 Å². The van der Waals surface area contributed by atoms with Crippen LogP contribution in [-0.2, 0) is 17.6 Å². The number of rotatable bonds is 7. The van der Waals surface area contributed by atoms with Gasteiger partial charge in [0.1, 0.15) is 0 Å². The quantitative estimate of drug-likeness (QED) is 0.806. The van der Waals surface area contributed by atoms with Crippen LogP contribution in [0.2, 0.25) is 10.0 Å². The summed E-state index contributed by atoms with van der Waals surface area (Å²) in [4.78, 5) is 12.1. The minimum absolute atomic E-state index is 0.120. The second-order valence-electron chi connectivity index (χ2n) is 5.17. The number of nitrogens with one attached hydrogen (secondary N) is 1. The molecule has 0 atom stereocenters. The first-order chi connectivity index (χ1) is 11.5. The van der Waals surface area contributed by atoms with E-state index < -0.39 is 0 Å². The molecule has 0 aromatic heterocycles. The van der Waals surface area contributed by atoms with Crippen molar-refractivity contribution in [1.82, 2.24) is 5.32 Å². The normalized spacial score (nSPS) is 10.3. The van der Waals surface area contributed by atoms with E-state index in [9.17, 15) is 4.79 Å². The van der Waals surface area contributed by atoms with Gasteiger partial charge in [0.05, 0.1) is 20.6 Å². The van der Waals surface area contributed by atoms with Crippen LogP contribution in [0.3, 0.4) is 0 Å². The number of carbonyl (C=O) groups excluding carboxylic acids is 1. The summed E-state index contributed by atoms with van der Waals surface area (Å²) < 4.78 is 10.5. The van der Waals surface area contributed by atoms with Gasteiger partial charge in [0, 0.05) is 16.6 Å². The molecule has 4 nitrogen and oxygen atoms in total. The van der Waals surface area contributed by atoms with Crippen LogP contribution in [0.5, 0.6) is 11.5 Å². The van der Waals surface area contributed by atoms with Gasteiger partial charge in [-0.25, -0.2) is 0 Å². The van der Waals surface area contributed by atoms with Gasteiger partial charge in [0.25, 0.3) is 0 Å². The summed E-state index contributed by atoms with van der Waals surface area (Å²) in [5.41, 5.74) is 1.69. The van der Waals surface area contributed by atoms with Crippen molar-refractivity contribution in [3.05, 3.63) is 57.6 Å². The molecule has 0 fully saturated rings. The summed E-state index contributed by atoms with van der Waals surface area (Å²) in [7, 11) is 3.19. The third kappa shape index (κ3) is 4.79. The molecule has 0 aliphatic heterocycles. The fourth-order valence-corrected chi connectivity index (χ4v) is 2.84. The lowest BCUT2D eigenvalue weighted by atomic mass is 10.1. The van der Waals surface area contributed by atoms with E-state index in [0.717, 1.165) is 5.56 Å². The maximum atomic E-state index is 12.1. The molecule has 0 aliphatic carbocycles. The number of benzene rings is 2. The highest BCUT2D eigenvalue weighted by Gasteiger charge is 2.11. The van der Waals surface area contributed by atoms with Crippen LogP contribution in [0.4, 0.5) is 0 Å². The fourth-order valence-electron chi connectivity index (χ4n) is 2.31. The molecular formula is C18H19Cl2NO3. The van der Waals surface area contributed by atoms with Gasteiger partial charge >= 0.3 is 0 Å². The zero-order chi connectivity index (χ0) is 17.5. The SMILES string of the molecule is COc1ccc(CCNC(=O)Cc2c(Cl)cccc2Cl)cc1OC. The zero-order valence-electron chi connectivity index (χ0n) is 13.6. The molecule has 0 aliphatic rings. The third-order valence-electron chi connectivity index (χ3n) is 3.58. The van der Waals surface area contributed by atoms with E-state index in [0.29, 0.717) is 40.1 Å². The Balaban J connectivity index is 1.89. The second-order valence-corrected chi connectivity index (χ2v) is 5.98. The molecule has 2 aromatic carbocycles. The highest BCUT2D eigenvalue weighted by Crippen LogP contribution is 2.27. The highest BCUT2D eigenvalue weighted by molar-refractivity contribution is 6.36. The molecule has 0 saturated carbocycles. The lowest BCUT2D eigenvalue weighted by Crippen LogP contribution is -2.27. The maximum Gasteiger partial charge on any atom is 0.224 e. The Bertz CT molecular complexity index is 699. The van der Waals surface area contributed by atoms with Gasteiger partial charge in [-0.15, -0.1) is 0 Å². The number of amides is 1. The van der Waals surface area contributed by atoms with Crippen molar-refractivity contribution in [2.24, 2.45) is 0 Å². The molecule has 1 N–H and O–H groups in total. The zero-order valence-corrected chi connectivity index (χ0v) is 15.1. The molecule has 0 spiro atoms. The van der Waals surface area contributed by atoms with Crippen molar-refractivity contribution in [2.75, 3.05) is 20.8 Å². The van der Waals surface area contributed by atoms with Crippen LogP contribution in [-0.4, -0.2) is 26.7 Å². The van der Waals surface area contributed by atoms with Crippen molar-refractivity contribution in [3.8, 4) is 11.5 Å². The highest BCUT2D eigenvalue weighted by atomic mass is 35.5. The van der Waals surface area contributed by atoms with Gasteiger partial charge in [-0.1, -0.05) is 35.3 Å². The van der Waals surface area contributed by atoms with E-state index in [-0.39, 0.29) is 12.3 Å². The molecule has 1 amide bonds. The average Bonchev–Trinajstić information content (AvgIpc) is 2.58. The van der Waals surface area contributed by atoms with Gasteiger partial charge in [-0.3, -0.25) is 4.79 Å². The van der Waals surface area contributed by atoms with Crippen LogP contribution >= 0.6 is 23.2 Å². The molecule has 24 heavy (non-hydrogen) atoms. The van der Waals surface area contributed by atoms with Gasteiger partial charge < -0.3 is 14.8 Å². The first-order valence-electron chi connectivity index (χ1n) is 7.45. The van der Waals surface area contributed by atoms with Crippen molar-refractivity contribution in [1.29, 1.82) is 0 Å². The van der Waals surface area contributed by atoms with Crippen molar-refractivity contribution in [2.45, 2.75) is 12.8 Å². The summed E-state index contributed by atoms with van der Waals surface area (Å²) in [6, 6.07) is 10.9. The van der Waals surface area contributed by atoms with Gasteiger partial charge in [-0.2, -0.15) is 0 Å². The molecule has 6 heteroatoms. The lowest BCUT2D eigenvalue weighted by molar-refractivity contribution is -0.120. The lowest BCUT2D eigenvalue weighted by Gasteiger charge is -2.11. The molecule has 0 unspecified atom stereocenters. The molecule has 2 aromatic rings. The Labute approximate surface area is 151 Å². The van der Waals surface area contributed by atoms with E-state index in [2.05, 4.69) is 5.32 Å². The van der Waals surface area contributed by atoms with Crippen LogP contribution < -0.4 is 14.8 Å². The standard InChI is InChI=1S/C18H19Cl2NO3/c1-23-16-7-6-12(10-17(16)24-2)8-9-21-18(22)11-13-14(19)4-3-5-15(13)20/h3-7,10H,8-9,11H2,1-2H3,(H,21,22). The number of halogens is 2. The largest absolute Gasteiger partial charge is 0.493 e. The molecule has 2 rings (SSSR count). The van der Waals surface area contributed by atoms with Gasteiger partial charge in [0.15, 0.2) is 11.5 Å². The minimum atomic E-state index is -0.120. The van der Waals surface area contributed by atoms with Crippen LogP contribution in [0, 0.1) is 0 Å². The topological polar surface area (TPSA) is 47.6 Å². The molecule has 0 heterocycles. The fraction of sp³-hybridized carbons (Fsp3) is 0.278. The Kier molecular flexibility index (Phi) is 6.76. The Morgan fingerprint density at radius 2 is 1.71 bits per heavy atom. The molecule has 128 valence electrons. The Hall–Kier alpha value is -1.91. The summed E-state index contributed by atoms with van der Waals surface area (Å²) in [6.45, 7) is 0.510. The molecule has 0 bridgehead atoms. The monoisotopic (exact) mass is 367 g/mol. The third-order valence-corrected chi connectivity index (χ3v) is 4.29. The second kappa shape index (κ2) is 8.81. The number of hydrogen-bond acceptors (Lipinski definition) is 3. The van der Waals surface area contributed by atoms with Crippen molar-refractivity contribution in [3.63, 3.8) is 0 Å². The van der Waals surface area contributed by atoms with Crippen molar-refractivity contribution < 1.29 is 14.3 Å². The van der Waals surface area contributed by atoms with E-state index >= 15 is 0 Å². The van der Waals surface area contributed by atoms with E-state index in [4.69, 9.17) is 32.7 Å². The van der Waals surface area contributed by atoms with Crippen LogP contribution in [0.15, 0.2) is 36.4 Å². The van der Waals surface area contributed by atoms with E-state index in [1.54, 1.807) is 32.4 Å². The summed E-state index contributed by atoms with van der Waals surface area (Å²) in [6.07, 6.45) is 0.840. The van der Waals surface area contributed by atoms with E-state index in [1.165, 1.54) is 0 Å². The Morgan fingerprint density at radius 3 is 2.33 bits per heavy atom. The predicted molar refractivity (Wildman–Crippen MR) is 96.4 cm³/mol. The summed E-state index contributed by atoms with van der Waals surface area (Å²) >= 11 is 12.2. The molecule has 0 saturated heterocycles. The number of hydrogen-bond donors (Lipinski definition) is 1. The molecule has 0 radical (unpaired) electrons. The molecular weight excluding hydrogens is 349 g/mol. The van der Waals surface area contributed by atoms with Crippen LogP contribution in [0.1, 0.15) is 11.1 Å². The summed E-state index contributed by atoms with van der Waals surface area (Å²) in [5.74, 6) is 1.23. The Morgan fingerprint density at radius 1 is 1.04 bits per heavy atom. The van der Waals surface area contributed by atoms with E-state index in [1.807, 2.05) is 18.2 Å². The summed E-state index contributed by atoms with van der Waals surface area (Å²) in [5, 5.41) is 3.87.